The van der Waals surface area contributed by atoms with Crippen LogP contribution in [-0.2, 0) is 14.3 Å². The van der Waals surface area contributed by atoms with Crippen LogP contribution in [0.25, 0.3) is 0 Å². The molecule has 0 saturated heterocycles. The zero-order valence-corrected chi connectivity index (χ0v) is 39.2. The van der Waals surface area contributed by atoms with Gasteiger partial charge in [0.1, 0.15) is 6.10 Å². The van der Waals surface area contributed by atoms with Gasteiger partial charge in [-0.05, 0) is 51.4 Å². The molecule has 6 heteroatoms. The van der Waals surface area contributed by atoms with Crippen LogP contribution in [0.15, 0.2) is 12.2 Å². The van der Waals surface area contributed by atoms with Crippen LogP contribution in [0.3, 0.4) is 0 Å². The van der Waals surface area contributed by atoms with Crippen molar-refractivity contribution in [3.8, 4) is 0 Å². The van der Waals surface area contributed by atoms with Crippen molar-refractivity contribution in [3.63, 3.8) is 0 Å². The zero-order chi connectivity index (χ0) is 42.4. The van der Waals surface area contributed by atoms with Crippen molar-refractivity contribution in [2.24, 2.45) is 0 Å². The largest absolute Gasteiger partial charge is 0.462 e. The Hall–Kier alpha value is -1.40. The molecule has 58 heavy (non-hydrogen) atoms. The van der Waals surface area contributed by atoms with E-state index in [1.165, 1.54) is 186 Å². The average molecular weight is 820 g/mol. The van der Waals surface area contributed by atoms with Gasteiger partial charge in [-0.3, -0.25) is 9.59 Å². The predicted molar refractivity (Wildman–Crippen MR) is 250 cm³/mol. The summed E-state index contributed by atoms with van der Waals surface area (Å²) in [4.78, 5) is 26.1. The van der Waals surface area contributed by atoms with Gasteiger partial charge in [0.05, 0.1) is 25.2 Å². The third kappa shape index (κ3) is 41.3. The summed E-state index contributed by atoms with van der Waals surface area (Å²) in [6.45, 7) is 6.49. The Bertz CT molecular complexity index is 878. The molecule has 0 fully saturated rings. The second kappa shape index (κ2) is 46.7. The Morgan fingerprint density at radius 3 is 1.22 bits per heavy atom. The van der Waals surface area contributed by atoms with Gasteiger partial charge in [-0.2, -0.15) is 0 Å². The summed E-state index contributed by atoms with van der Waals surface area (Å²) < 4.78 is 5.93. The quantitative estimate of drug-likeness (QED) is 0.0323. The van der Waals surface area contributed by atoms with Gasteiger partial charge in [-0.1, -0.05) is 232 Å². The van der Waals surface area contributed by atoms with E-state index in [1.807, 2.05) is 0 Å². The Morgan fingerprint density at radius 1 is 0.483 bits per heavy atom. The number of ether oxygens (including phenoxy) is 1. The predicted octanol–water partition coefficient (Wildman–Crippen LogP) is 15.3. The van der Waals surface area contributed by atoms with Crippen molar-refractivity contribution in [2.75, 3.05) is 6.61 Å². The van der Waals surface area contributed by atoms with E-state index in [9.17, 15) is 19.8 Å². The Balaban J connectivity index is 4.55. The number of unbranched alkanes of at least 4 members (excludes halogenated alkanes) is 33. The minimum atomic E-state index is -0.783. The highest BCUT2D eigenvalue weighted by molar-refractivity contribution is 5.77. The average Bonchev–Trinajstić information content (AvgIpc) is 3.22. The number of hydrogen-bond donors (Lipinski definition) is 3. The fourth-order valence-corrected chi connectivity index (χ4v) is 8.13. The summed E-state index contributed by atoms with van der Waals surface area (Å²) in [6.07, 6.45) is 51.2. The minimum Gasteiger partial charge on any atom is -0.462 e. The first-order chi connectivity index (χ1) is 28.5. The molecule has 0 aromatic rings. The lowest BCUT2D eigenvalue weighted by Gasteiger charge is -2.24. The number of nitrogens with one attached hydrogen (secondary N) is 1. The normalized spacial score (nSPS) is 13.3. The highest BCUT2D eigenvalue weighted by Gasteiger charge is 2.24. The SMILES string of the molecule is CCCCCCCC/C=C\CCCCCC(=O)OC(CCCCCCCCCCCCCCC)CC(=O)NC(CO)C(O)CCCCCCCCCCCCCCC. The minimum absolute atomic E-state index is 0.0787. The maximum Gasteiger partial charge on any atom is 0.306 e. The molecule has 0 aliphatic rings. The number of aliphatic hydroxyl groups excluding tert-OH is 2. The summed E-state index contributed by atoms with van der Waals surface area (Å²) in [5, 5.41) is 23.8. The number of rotatable bonds is 47. The molecule has 3 N–H and O–H groups in total. The Kier molecular flexibility index (Phi) is 45.5. The van der Waals surface area contributed by atoms with Crippen molar-refractivity contribution >= 4 is 11.9 Å². The Morgan fingerprint density at radius 2 is 0.828 bits per heavy atom. The molecule has 0 heterocycles. The van der Waals surface area contributed by atoms with Crippen molar-refractivity contribution in [1.82, 2.24) is 5.32 Å². The Labute approximate surface area is 361 Å². The van der Waals surface area contributed by atoms with Crippen molar-refractivity contribution in [3.05, 3.63) is 12.2 Å². The number of esters is 1. The summed E-state index contributed by atoms with van der Waals surface area (Å²) >= 11 is 0. The van der Waals surface area contributed by atoms with Gasteiger partial charge < -0.3 is 20.3 Å². The molecule has 0 aliphatic heterocycles. The molecule has 0 spiro atoms. The molecule has 0 bridgehead atoms. The molecular weight excluding hydrogens is 719 g/mol. The van der Waals surface area contributed by atoms with Gasteiger partial charge in [-0.15, -0.1) is 0 Å². The smallest absolute Gasteiger partial charge is 0.306 e. The third-order valence-electron chi connectivity index (χ3n) is 12.1. The van der Waals surface area contributed by atoms with Gasteiger partial charge in [0.25, 0.3) is 0 Å². The van der Waals surface area contributed by atoms with E-state index >= 15 is 0 Å². The molecule has 0 rings (SSSR count). The van der Waals surface area contributed by atoms with E-state index < -0.39 is 18.2 Å². The van der Waals surface area contributed by atoms with E-state index in [0.29, 0.717) is 19.3 Å². The first kappa shape index (κ1) is 56.6. The second-order valence-electron chi connectivity index (χ2n) is 17.9. The van der Waals surface area contributed by atoms with Crippen LogP contribution in [0.5, 0.6) is 0 Å². The van der Waals surface area contributed by atoms with E-state index in [1.54, 1.807) is 0 Å². The number of amides is 1. The van der Waals surface area contributed by atoms with Crippen molar-refractivity contribution in [1.29, 1.82) is 0 Å². The van der Waals surface area contributed by atoms with Gasteiger partial charge in [-0.25, -0.2) is 0 Å². The maximum atomic E-state index is 13.2. The molecule has 0 saturated carbocycles. The molecule has 1 amide bonds. The summed E-state index contributed by atoms with van der Waals surface area (Å²) in [5.41, 5.74) is 0. The van der Waals surface area contributed by atoms with E-state index in [2.05, 4.69) is 38.2 Å². The van der Waals surface area contributed by atoms with Crippen LogP contribution in [0.2, 0.25) is 0 Å². The van der Waals surface area contributed by atoms with Crippen LogP contribution < -0.4 is 5.32 Å². The standard InChI is InChI=1S/C52H101NO5/c1-4-7-10-13-16-19-22-25-28-31-34-37-40-43-48(58-52(57)45-42-39-36-33-30-27-24-21-18-15-12-9-6-3)46-51(56)53-49(47-54)50(55)44-41-38-35-32-29-26-23-20-17-14-11-8-5-2/h27,30,48-50,54-55H,4-26,28-29,31-47H2,1-3H3,(H,53,56)/b30-27-. The molecule has 3 unspecified atom stereocenters. The highest BCUT2D eigenvalue weighted by atomic mass is 16.5. The number of carbonyl (C=O) groups excluding carboxylic acids is 2. The molecular formula is C52H101NO5. The van der Waals surface area contributed by atoms with Crippen molar-refractivity contribution < 1.29 is 24.5 Å². The van der Waals surface area contributed by atoms with Gasteiger partial charge in [0, 0.05) is 6.42 Å². The molecule has 6 nitrogen and oxygen atoms in total. The van der Waals surface area contributed by atoms with E-state index in [4.69, 9.17) is 4.74 Å². The summed E-state index contributed by atoms with van der Waals surface area (Å²) in [5.74, 6) is -0.476. The molecule has 0 radical (unpaired) electrons. The highest BCUT2D eigenvalue weighted by Crippen LogP contribution is 2.18. The van der Waals surface area contributed by atoms with Gasteiger partial charge in [0.15, 0.2) is 0 Å². The van der Waals surface area contributed by atoms with Crippen LogP contribution in [0.4, 0.5) is 0 Å². The van der Waals surface area contributed by atoms with Crippen LogP contribution in [0.1, 0.15) is 284 Å². The molecule has 0 aromatic carbocycles. The fourth-order valence-electron chi connectivity index (χ4n) is 8.13. The third-order valence-corrected chi connectivity index (χ3v) is 12.1. The first-order valence-corrected chi connectivity index (χ1v) is 25.9. The monoisotopic (exact) mass is 820 g/mol. The molecule has 3 atom stereocenters. The first-order valence-electron chi connectivity index (χ1n) is 25.9. The van der Waals surface area contributed by atoms with E-state index in [-0.39, 0.29) is 24.9 Å². The van der Waals surface area contributed by atoms with Gasteiger partial charge >= 0.3 is 5.97 Å². The maximum absolute atomic E-state index is 13.2. The molecule has 0 aromatic heterocycles. The lowest BCUT2D eigenvalue weighted by molar-refractivity contribution is -0.151. The number of carbonyl (C=O) groups is 2. The van der Waals surface area contributed by atoms with Gasteiger partial charge in [0.2, 0.25) is 5.91 Å². The summed E-state index contributed by atoms with van der Waals surface area (Å²) in [7, 11) is 0. The lowest BCUT2D eigenvalue weighted by Crippen LogP contribution is -2.46. The van der Waals surface area contributed by atoms with Crippen molar-refractivity contribution in [2.45, 2.75) is 302 Å². The number of allylic oxidation sites excluding steroid dienone is 2. The topological polar surface area (TPSA) is 95.9 Å². The van der Waals surface area contributed by atoms with Crippen LogP contribution in [0, 0.1) is 0 Å². The van der Waals surface area contributed by atoms with Crippen LogP contribution >= 0.6 is 0 Å². The van der Waals surface area contributed by atoms with Crippen LogP contribution in [-0.4, -0.2) is 46.9 Å². The number of hydrogen-bond acceptors (Lipinski definition) is 5. The summed E-state index contributed by atoms with van der Waals surface area (Å²) in [6, 6.07) is -0.697. The second-order valence-corrected chi connectivity index (χ2v) is 17.9. The fraction of sp³-hybridized carbons (Fsp3) is 0.923. The number of aliphatic hydroxyl groups is 2. The molecule has 344 valence electrons. The lowest BCUT2D eigenvalue weighted by atomic mass is 10.0. The zero-order valence-electron chi connectivity index (χ0n) is 39.2. The molecule has 0 aliphatic carbocycles. The van der Waals surface area contributed by atoms with E-state index in [0.717, 1.165) is 51.4 Å².